The van der Waals surface area contributed by atoms with Gasteiger partial charge in [-0.25, -0.2) is 0 Å². The van der Waals surface area contributed by atoms with E-state index < -0.39 is 6.10 Å². The molecule has 1 aliphatic rings. The minimum atomic E-state index is -0.457. The molecule has 0 aromatic heterocycles. The standard InChI is InChI=1S/C18H28N2O2/c1-14(18(21)19-11-6-12-20(2)3)22-17-10-9-15-7-4-5-8-16(15)13-17/h9-10,13-14H,4-8,11-12H2,1-3H3,(H,19,21)/t14-/m0/s1. The van der Waals surface area contributed by atoms with Gasteiger partial charge in [0.2, 0.25) is 0 Å². The number of aryl methyl sites for hydroxylation is 2. The Morgan fingerprint density at radius 2 is 2.00 bits per heavy atom. The van der Waals surface area contributed by atoms with E-state index in [0.717, 1.165) is 31.6 Å². The molecule has 1 atom stereocenters. The molecule has 22 heavy (non-hydrogen) atoms. The van der Waals surface area contributed by atoms with E-state index in [2.05, 4.69) is 22.3 Å². The number of nitrogens with one attached hydrogen (secondary N) is 1. The Balaban J connectivity index is 1.80. The van der Waals surface area contributed by atoms with Crippen LogP contribution in [-0.2, 0) is 17.6 Å². The molecule has 0 saturated heterocycles. The molecule has 0 radical (unpaired) electrons. The van der Waals surface area contributed by atoms with Crippen LogP contribution in [0.1, 0.15) is 37.3 Å². The third-order valence-corrected chi connectivity index (χ3v) is 4.08. The molecule has 0 unspecified atom stereocenters. The monoisotopic (exact) mass is 304 g/mol. The van der Waals surface area contributed by atoms with Crippen molar-refractivity contribution in [1.29, 1.82) is 0 Å². The summed E-state index contributed by atoms with van der Waals surface area (Å²) in [6.45, 7) is 3.47. The summed E-state index contributed by atoms with van der Waals surface area (Å²) in [4.78, 5) is 14.1. The van der Waals surface area contributed by atoms with Gasteiger partial charge in [-0.05, 0) is 82.9 Å². The van der Waals surface area contributed by atoms with E-state index in [-0.39, 0.29) is 5.91 Å². The molecule has 0 spiro atoms. The normalized spacial score (nSPS) is 15.3. The molecule has 2 rings (SSSR count). The first kappa shape index (κ1) is 16.8. The molecule has 1 N–H and O–H groups in total. The van der Waals surface area contributed by atoms with Gasteiger partial charge in [-0.15, -0.1) is 0 Å². The van der Waals surface area contributed by atoms with Crippen molar-refractivity contribution < 1.29 is 9.53 Å². The van der Waals surface area contributed by atoms with Crippen LogP contribution in [-0.4, -0.2) is 44.1 Å². The van der Waals surface area contributed by atoms with E-state index in [0.29, 0.717) is 6.54 Å². The molecule has 0 heterocycles. The van der Waals surface area contributed by atoms with Gasteiger partial charge in [0.25, 0.3) is 5.91 Å². The van der Waals surface area contributed by atoms with E-state index in [1.807, 2.05) is 20.2 Å². The summed E-state index contributed by atoms with van der Waals surface area (Å²) < 4.78 is 5.80. The summed E-state index contributed by atoms with van der Waals surface area (Å²) >= 11 is 0. The molecule has 0 bridgehead atoms. The highest BCUT2D eigenvalue weighted by molar-refractivity contribution is 5.80. The van der Waals surface area contributed by atoms with Gasteiger partial charge in [-0.3, -0.25) is 4.79 Å². The molecule has 1 aromatic rings. The van der Waals surface area contributed by atoms with Crippen molar-refractivity contribution in [3.8, 4) is 5.75 Å². The van der Waals surface area contributed by atoms with Crippen LogP contribution in [0.15, 0.2) is 18.2 Å². The smallest absolute Gasteiger partial charge is 0.260 e. The first-order valence-electron chi connectivity index (χ1n) is 8.27. The zero-order valence-electron chi connectivity index (χ0n) is 14.0. The highest BCUT2D eigenvalue weighted by Crippen LogP contribution is 2.25. The molecule has 4 nitrogen and oxygen atoms in total. The zero-order chi connectivity index (χ0) is 15.9. The first-order valence-corrected chi connectivity index (χ1v) is 8.27. The molecule has 1 aliphatic carbocycles. The number of carbonyl (C=O) groups excluding carboxylic acids is 1. The average Bonchev–Trinajstić information content (AvgIpc) is 2.51. The second-order valence-corrected chi connectivity index (χ2v) is 6.35. The molecular weight excluding hydrogens is 276 g/mol. The van der Waals surface area contributed by atoms with Crippen LogP contribution in [0.5, 0.6) is 5.75 Å². The summed E-state index contributed by atoms with van der Waals surface area (Å²) in [7, 11) is 4.06. The summed E-state index contributed by atoms with van der Waals surface area (Å²) in [6, 6.07) is 6.23. The molecule has 122 valence electrons. The van der Waals surface area contributed by atoms with Crippen molar-refractivity contribution in [2.24, 2.45) is 0 Å². The number of rotatable bonds is 7. The second-order valence-electron chi connectivity index (χ2n) is 6.35. The fourth-order valence-electron chi connectivity index (χ4n) is 2.79. The highest BCUT2D eigenvalue weighted by Gasteiger charge is 2.16. The van der Waals surface area contributed by atoms with E-state index >= 15 is 0 Å². The van der Waals surface area contributed by atoms with E-state index in [1.165, 1.54) is 24.0 Å². The molecule has 1 aromatic carbocycles. The van der Waals surface area contributed by atoms with Gasteiger partial charge in [0, 0.05) is 6.54 Å². The SMILES string of the molecule is C[C@H](Oc1ccc2c(c1)CCCC2)C(=O)NCCCN(C)C. The Morgan fingerprint density at radius 3 is 2.73 bits per heavy atom. The fraction of sp³-hybridized carbons (Fsp3) is 0.611. The largest absolute Gasteiger partial charge is 0.481 e. The summed E-state index contributed by atoms with van der Waals surface area (Å²) in [5.41, 5.74) is 2.81. The Morgan fingerprint density at radius 1 is 1.27 bits per heavy atom. The second kappa shape index (κ2) is 8.18. The minimum absolute atomic E-state index is 0.0449. The van der Waals surface area contributed by atoms with Gasteiger partial charge >= 0.3 is 0 Å². The molecule has 4 heteroatoms. The maximum absolute atomic E-state index is 12.0. The summed E-state index contributed by atoms with van der Waals surface area (Å²) in [6.07, 6.45) is 5.30. The van der Waals surface area contributed by atoms with Crippen LogP contribution in [0.25, 0.3) is 0 Å². The number of carbonyl (C=O) groups is 1. The van der Waals surface area contributed by atoms with Crippen LogP contribution in [0.4, 0.5) is 0 Å². The van der Waals surface area contributed by atoms with E-state index in [4.69, 9.17) is 4.74 Å². The van der Waals surface area contributed by atoms with E-state index in [9.17, 15) is 4.79 Å². The Kier molecular flexibility index (Phi) is 6.25. The van der Waals surface area contributed by atoms with Crippen molar-refractivity contribution in [3.05, 3.63) is 29.3 Å². The number of nitrogens with zero attached hydrogens (tertiary/aromatic N) is 1. The van der Waals surface area contributed by atoms with Crippen molar-refractivity contribution >= 4 is 5.91 Å². The Hall–Kier alpha value is -1.55. The maximum atomic E-state index is 12.0. The van der Waals surface area contributed by atoms with Crippen LogP contribution < -0.4 is 10.1 Å². The Bertz CT molecular complexity index is 500. The molecule has 1 amide bonds. The number of benzene rings is 1. The predicted molar refractivity (Wildman–Crippen MR) is 89.4 cm³/mol. The number of hydrogen-bond donors (Lipinski definition) is 1. The van der Waals surface area contributed by atoms with E-state index in [1.54, 1.807) is 6.92 Å². The third kappa shape index (κ3) is 5.02. The maximum Gasteiger partial charge on any atom is 0.260 e. The predicted octanol–water partition coefficient (Wildman–Crippen LogP) is 2.40. The quantitative estimate of drug-likeness (QED) is 0.787. The Labute approximate surface area is 133 Å². The topological polar surface area (TPSA) is 41.6 Å². The van der Waals surface area contributed by atoms with Crippen LogP contribution in [0.2, 0.25) is 0 Å². The third-order valence-electron chi connectivity index (χ3n) is 4.08. The van der Waals surface area contributed by atoms with Crippen LogP contribution >= 0.6 is 0 Å². The van der Waals surface area contributed by atoms with Gasteiger partial charge in [0.1, 0.15) is 5.75 Å². The molecule has 0 aliphatic heterocycles. The lowest BCUT2D eigenvalue weighted by atomic mass is 9.92. The number of fused-ring (bicyclic) bond motifs is 1. The van der Waals surface area contributed by atoms with Gasteiger partial charge in [0.05, 0.1) is 0 Å². The van der Waals surface area contributed by atoms with Crippen molar-refractivity contribution in [3.63, 3.8) is 0 Å². The molecular formula is C18H28N2O2. The van der Waals surface area contributed by atoms with Gasteiger partial charge in [-0.1, -0.05) is 6.07 Å². The van der Waals surface area contributed by atoms with Gasteiger partial charge < -0.3 is 15.0 Å². The van der Waals surface area contributed by atoms with Crippen LogP contribution in [0.3, 0.4) is 0 Å². The lowest BCUT2D eigenvalue weighted by molar-refractivity contribution is -0.127. The van der Waals surface area contributed by atoms with Crippen molar-refractivity contribution in [2.45, 2.75) is 45.1 Å². The molecule has 0 fully saturated rings. The summed E-state index contributed by atoms with van der Waals surface area (Å²) in [5, 5.41) is 2.93. The first-order chi connectivity index (χ1) is 10.6. The average molecular weight is 304 g/mol. The number of amides is 1. The van der Waals surface area contributed by atoms with Gasteiger partial charge in [-0.2, -0.15) is 0 Å². The summed E-state index contributed by atoms with van der Waals surface area (Å²) in [5.74, 6) is 0.757. The lowest BCUT2D eigenvalue weighted by Gasteiger charge is -2.19. The number of hydrogen-bond acceptors (Lipinski definition) is 3. The zero-order valence-corrected chi connectivity index (χ0v) is 14.0. The minimum Gasteiger partial charge on any atom is -0.481 e. The van der Waals surface area contributed by atoms with Crippen molar-refractivity contribution in [2.75, 3.05) is 27.2 Å². The lowest BCUT2D eigenvalue weighted by Crippen LogP contribution is -2.37. The van der Waals surface area contributed by atoms with Crippen molar-refractivity contribution in [1.82, 2.24) is 10.2 Å². The van der Waals surface area contributed by atoms with Gasteiger partial charge in [0.15, 0.2) is 6.10 Å². The van der Waals surface area contributed by atoms with Crippen LogP contribution in [0, 0.1) is 0 Å². The number of ether oxygens (including phenoxy) is 1. The fourth-order valence-corrected chi connectivity index (χ4v) is 2.79. The molecule has 0 saturated carbocycles. The highest BCUT2D eigenvalue weighted by atomic mass is 16.5.